The van der Waals surface area contributed by atoms with Crippen molar-refractivity contribution in [3.63, 3.8) is 0 Å². The lowest BCUT2D eigenvalue weighted by Crippen LogP contribution is -2.34. The monoisotopic (exact) mass is 319 g/mol. The first-order valence-corrected chi connectivity index (χ1v) is 7.85. The Hall–Kier alpha value is -1.92. The van der Waals surface area contributed by atoms with Crippen LogP contribution in [0.4, 0.5) is 0 Å². The third-order valence-corrected chi connectivity index (χ3v) is 4.16. The maximum absolute atomic E-state index is 11.7. The Morgan fingerprint density at radius 3 is 2.50 bits per heavy atom. The Bertz CT molecular complexity index is 623. The number of nitrogens with zero attached hydrogens (tertiary/aromatic N) is 3. The molecule has 0 aliphatic heterocycles. The molecule has 6 heteroatoms. The normalized spacial score (nSPS) is 10.8. The third-order valence-electron chi connectivity index (χ3n) is 3.22. The highest BCUT2D eigenvalue weighted by atomic mass is 32.1. The van der Waals surface area contributed by atoms with Crippen molar-refractivity contribution < 1.29 is 9.53 Å². The second kappa shape index (κ2) is 7.38. The van der Waals surface area contributed by atoms with Gasteiger partial charge >= 0.3 is 0 Å². The highest BCUT2D eigenvalue weighted by Crippen LogP contribution is 2.26. The van der Waals surface area contributed by atoms with Gasteiger partial charge in [-0.05, 0) is 31.3 Å². The summed E-state index contributed by atoms with van der Waals surface area (Å²) in [6.07, 6.45) is 0. The second-order valence-electron chi connectivity index (χ2n) is 5.33. The number of benzene rings is 1. The molecule has 1 aromatic heterocycles. The van der Waals surface area contributed by atoms with E-state index in [0.717, 1.165) is 22.0 Å². The number of ether oxygens (including phenoxy) is 1. The molecule has 0 atom stereocenters. The quantitative estimate of drug-likeness (QED) is 0.820. The fraction of sp³-hybridized carbons (Fsp3) is 0.375. The van der Waals surface area contributed by atoms with Crippen LogP contribution in [0.1, 0.15) is 5.69 Å². The number of methoxy groups -OCH3 is 1. The zero-order valence-corrected chi connectivity index (χ0v) is 14.2. The van der Waals surface area contributed by atoms with Crippen LogP contribution in [0.3, 0.4) is 0 Å². The van der Waals surface area contributed by atoms with Gasteiger partial charge in [0.25, 0.3) is 0 Å². The molecule has 2 aromatic rings. The van der Waals surface area contributed by atoms with Gasteiger partial charge in [-0.1, -0.05) is 0 Å². The minimum absolute atomic E-state index is 0.0908. The fourth-order valence-electron chi connectivity index (χ4n) is 1.95. The van der Waals surface area contributed by atoms with Crippen molar-refractivity contribution in [3.8, 4) is 16.3 Å². The first kappa shape index (κ1) is 16.5. The van der Waals surface area contributed by atoms with E-state index in [1.54, 1.807) is 37.4 Å². The van der Waals surface area contributed by atoms with E-state index >= 15 is 0 Å². The lowest BCUT2D eigenvalue weighted by Gasteiger charge is -2.17. The van der Waals surface area contributed by atoms with Crippen molar-refractivity contribution in [3.05, 3.63) is 35.3 Å². The van der Waals surface area contributed by atoms with Gasteiger partial charge in [-0.3, -0.25) is 9.69 Å². The fourth-order valence-corrected chi connectivity index (χ4v) is 2.77. The number of likely N-dealkylation sites (N-methyl/N-ethyl adjacent to an activating group) is 2. The standard InChI is InChI=1S/C16H21N3O2S/c1-18(2)15(20)10-19(3)9-13-11-22-16(17-13)12-5-7-14(21-4)8-6-12/h5-8,11H,9-10H2,1-4H3. The van der Waals surface area contributed by atoms with Gasteiger partial charge in [0.15, 0.2) is 0 Å². The summed E-state index contributed by atoms with van der Waals surface area (Å²) in [7, 11) is 7.11. The summed E-state index contributed by atoms with van der Waals surface area (Å²) in [5, 5.41) is 3.01. The Balaban J connectivity index is 2.00. The number of hydrogen-bond acceptors (Lipinski definition) is 5. The highest BCUT2D eigenvalue weighted by Gasteiger charge is 2.11. The van der Waals surface area contributed by atoms with Crippen molar-refractivity contribution in [2.75, 3.05) is 34.8 Å². The van der Waals surface area contributed by atoms with Crippen LogP contribution in [-0.4, -0.2) is 55.5 Å². The molecule has 22 heavy (non-hydrogen) atoms. The van der Waals surface area contributed by atoms with Gasteiger partial charge in [0.2, 0.25) is 5.91 Å². The minimum atomic E-state index is 0.0908. The molecule has 0 N–H and O–H groups in total. The van der Waals surface area contributed by atoms with Crippen LogP contribution in [0.5, 0.6) is 5.75 Å². The van der Waals surface area contributed by atoms with Crippen molar-refractivity contribution in [1.29, 1.82) is 0 Å². The molecule has 118 valence electrons. The van der Waals surface area contributed by atoms with E-state index in [0.29, 0.717) is 13.1 Å². The van der Waals surface area contributed by atoms with Gasteiger partial charge in [-0.25, -0.2) is 4.98 Å². The van der Waals surface area contributed by atoms with Crippen molar-refractivity contribution >= 4 is 17.2 Å². The van der Waals surface area contributed by atoms with Crippen LogP contribution >= 0.6 is 11.3 Å². The van der Waals surface area contributed by atoms with Gasteiger partial charge < -0.3 is 9.64 Å². The summed E-state index contributed by atoms with van der Waals surface area (Å²) >= 11 is 1.61. The number of carbonyl (C=O) groups is 1. The summed E-state index contributed by atoms with van der Waals surface area (Å²) < 4.78 is 5.16. The lowest BCUT2D eigenvalue weighted by molar-refractivity contribution is -0.129. The zero-order valence-electron chi connectivity index (χ0n) is 13.4. The average Bonchev–Trinajstić information content (AvgIpc) is 2.95. The Labute approximate surface area is 135 Å². The van der Waals surface area contributed by atoms with Crippen molar-refractivity contribution in [1.82, 2.24) is 14.8 Å². The smallest absolute Gasteiger partial charge is 0.236 e. The SMILES string of the molecule is COc1ccc(-c2nc(CN(C)CC(=O)N(C)C)cs2)cc1. The molecule has 0 aliphatic rings. The van der Waals surface area contributed by atoms with E-state index in [1.807, 2.05) is 41.6 Å². The van der Waals surface area contributed by atoms with E-state index in [1.165, 1.54) is 0 Å². The summed E-state index contributed by atoms with van der Waals surface area (Å²) in [6, 6.07) is 7.86. The van der Waals surface area contributed by atoms with E-state index in [9.17, 15) is 4.79 Å². The van der Waals surface area contributed by atoms with Crippen LogP contribution < -0.4 is 4.74 Å². The summed E-state index contributed by atoms with van der Waals surface area (Å²) in [4.78, 5) is 19.9. The number of thiazole rings is 1. The Kier molecular flexibility index (Phi) is 5.51. The zero-order chi connectivity index (χ0) is 16.1. The van der Waals surface area contributed by atoms with Gasteiger partial charge in [0, 0.05) is 31.6 Å². The van der Waals surface area contributed by atoms with E-state index in [4.69, 9.17) is 4.74 Å². The van der Waals surface area contributed by atoms with E-state index < -0.39 is 0 Å². The number of aromatic nitrogens is 1. The Morgan fingerprint density at radius 2 is 1.91 bits per heavy atom. The maximum atomic E-state index is 11.7. The lowest BCUT2D eigenvalue weighted by atomic mass is 10.2. The molecule has 0 saturated heterocycles. The molecule has 0 bridgehead atoms. The highest BCUT2D eigenvalue weighted by molar-refractivity contribution is 7.13. The van der Waals surface area contributed by atoms with Crippen LogP contribution in [0.25, 0.3) is 10.6 Å². The van der Waals surface area contributed by atoms with Crippen LogP contribution in [-0.2, 0) is 11.3 Å². The van der Waals surface area contributed by atoms with Crippen LogP contribution in [0.2, 0.25) is 0 Å². The molecule has 0 saturated carbocycles. The summed E-state index contributed by atoms with van der Waals surface area (Å²) in [6.45, 7) is 1.05. The Morgan fingerprint density at radius 1 is 1.23 bits per heavy atom. The van der Waals surface area contributed by atoms with Gasteiger partial charge in [0.05, 0.1) is 19.3 Å². The number of hydrogen-bond donors (Lipinski definition) is 0. The van der Waals surface area contributed by atoms with Crippen molar-refractivity contribution in [2.24, 2.45) is 0 Å². The average molecular weight is 319 g/mol. The summed E-state index contributed by atoms with van der Waals surface area (Å²) in [5.74, 6) is 0.926. The van der Waals surface area contributed by atoms with Gasteiger partial charge in [-0.2, -0.15) is 0 Å². The number of amides is 1. The van der Waals surface area contributed by atoms with Crippen LogP contribution in [0, 0.1) is 0 Å². The second-order valence-corrected chi connectivity index (χ2v) is 6.19. The first-order chi connectivity index (χ1) is 10.5. The predicted molar refractivity (Wildman–Crippen MR) is 89.1 cm³/mol. The number of carbonyl (C=O) groups excluding carboxylic acids is 1. The molecule has 0 radical (unpaired) electrons. The van der Waals surface area contributed by atoms with E-state index in [2.05, 4.69) is 4.98 Å². The van der Waals surface area contributed by atoms with Crippen molar-refractivity contribution in [2.45, 2.75) is 6.54 Å². The third kappa shape index (κ3) is 4.29. The molecule has 1 aromatic carbocycles. The molecular formula is C16H21N3O2S. The van der Waals surface area contributed by atoms with Gasteiger partial charge in [-0.15, -0.1) is 11.3 Å². The molecule has 0 fully saturated rings. The van der Waals surface area contributed by atoms with Crippen LogP contribution in [0.15, 0.2) is 29.6 Å². The van der Waals surface area contributed by atoms with Gasteiger partial charge in [0.1, 0.15) is 10.8 Å². The predicted octanol–water partition coefficient (Wildman–Crippen LogP) is 2.34. The molecule has 0 aliphatic carbocycles. The molecule has 1 heterocycles. The molecule has 5 nitrogen and oxygen atoms in total. The summed E-state index contributed by atoms with van der Waals surface area (Å²) in [5.41, 5.74) is 2.05. The molecule has 2 rings (SSSR count). The molecule has 1 amide bonds. The molecular weight excluding hydrogens is 298 g/mol. The largest absolute Gasteiger partial charge is 0.497 e. The topological polar surface area (TPSA) is 45.7 Å². The molecule has 0 spiro atoms. The van der Waals surface area contributed by atoms with E-state index in [-0.39, 0.29) is 5.91 Å². The number of rotatable bonds is 6. The molecule has 0 unspecified atom stereocenters. The maximum Gasteiger partial charge on any atom is 0.236 e. The minimum Gasteiger partial charge on any atom is -0.497 e. The first-order valence-electron chi connectivity index (χ1n) is 6.97.